The Morgan fingerprint density at radius 3 is 2.92 bits per heavy atom. The second-order valence-corrected chi connectivity index (χ2v) is 8.94. The smallest absolute Gasteiger partial charge is 0.0946 e. The highest BCUT2D eigenvalue weighted by molar-refractivity contribution is 5.16. The van der Waals surface area contributed by atoms with E-state index in [1.807, 2.05) is 6.33 Å². The number of allylic oxidation sites excluding steroid dienone is 2. The first-order chi connectivity index (χ1) is 12.2. The highest BCUT2D eigenvalue weighted by atomic mass is 15.2. The van der Waals surface area contributed by atoms with Gasteiger partial charge in [-0.1, -0.05) is 19.1 Å². The first-order valence-electron chi connectivity index (χ1n) is 10.4. The fourth-order valence-corrected chi connectivity index (χ4v) is 5.95. The van der Waals surface area contributed by atoms with Crippen LogP contribution in [-0.4, -0.2) is 39.6 Å². The van der Waals surface area contributed by atoms with Crippen LogP contribution in [0.1, 0.15) is 50.8 Å². The zero-order valence-electron chi connectivity index (χ0n) is 15.6. The molecule has 1 saturated heterocycles. The van der Waals surface area contributed by atoms with E-state index in [1.54, 1.807) is 0 Å². The molecular weight excluding hydrogens is 308 g/mol. The van der Waals surface area contributed by atoms with Gasteiger partial charge in [-0.2, -0.15) is 0 Å². The van der Waals surface area contributed by atoms with Crippen LogP contribution in [0.15, 0.2) is 24.7 Å². The molecule has 0 bridgehead atoms. The van der Waals surface area contributed by atoms with Crippen molar-refractivity contribution in [2.24, 2.45) is 30.7 Å². The van der Waals surface area contributed by atoms with Crippen molar-refractivity contribution in [3.05, 3.63) is 30.4 Å². The minimum absolute atomic E-state index is 0.550. The molecule has 25 heavy (non-hydrogen) atoms. The Balaban J connectivity index is 1.31. The van der Waals surface area contributed by atoms with Crippen molar-refractivity contribution in [3.63, 3.8) is 0 Å². The van der Waals surface area contributed by atoms with Gasteiger partial charge in [-0.3, -0.25) is 4.90 Å². The molecule has 0 radical (unpaired) electrons. The Morgan fingerprint density at radius 2 is 2.16 bits per heavy atom. The summed E-state index contributed by atoms with van der Waals surface area (Å²) in [5.74, 6) is 3.24. The summed E-state index contributed by atoms with van der Waals surface area (Å²) in [6.45, 7) is 4.87. The molecule has 1 aromatic heterocycles. The van der Waals surface area contributed by atoms with Gasteiger partial charge in [-0.05, 0) is 62.3 Å². The highest BCUT2D eigenvalue weighted by Gasteiger charge is 2.48. The quantitative estimate of drug-likeness (QED) is 0.836. The predicted molar refractivity (Wildman–Crippen MR) is 100 cm³/mol. The summed E-state index contributed by atoms with van der Waals surface area (Å²) >= 11 is 0. The Hall–Kier alpha value is -1.13. The molecule has 0 amide bonds. The van der Waals surface area contributed by atoms with Gasteiger partial charge in [0.1, 0.15) is 0 Å². The maximum Gasteiger partial charge on any atom is 0.0946 e. The van der Waals surface area contributed by atoms with E-state index in [0.29, 0.717) is 12.0 Å². The third-order valence-electron chi connectivity index (χ3n) is 7.48. The molecule has 1 aliphatic heterocycles. The zero-order chi connectivity index (χ0) is 17.0. The summed E-state index contributed by atoms with van der Waals surface area (Å²) in [5.41, 5.74) is 1.42. The molecule has 4 heteroatoms. The first kappa shape index (κ1) is 16.1. The normalized spacial score (nSPS) is 40.9. The SMILES string of the molecule is C[C@@H]1C(NC[C@@H]2CCCN(C3CC3)[C@H]2c2cncn2C)[C@@H]2CC=C[C@H]12. The summed E-state index contributed by atoms with van der Waals surface area (Å²) in [7, 11) is 2.16. The van der Waals surface area contributed by atoms with E-state index in [1.165, 1.54) is 44.3 Å². The lowest BCUT2D eigenvalue weighted by atomic mass is 9.63. The van der Waals surface area contributed by atoms with Gasteiger partial charge < -0.3 is 9.88 Å². The number of aryl methyl sites for hydroxylation is 1. The third-order valence-corrected chi connectivity index (χ3v) is 7.48. The summed E-state index contributed by atoms with van der Waals surface area (Å²) in [6, 6.07) is 2.10. The monoisotopic (exact) mass is 340 g/mol. The molecule has 2 saturated carbocycles. The van der Waals surface area contributed by atoms with E-state index in [-0.39, 0.29) is 0 Å². The number of nitrogens with one attached hydrogen (secondary N) is 1. The van der Waals surface area contributed by atoms with E-state index >= 15 is 0 Å². The van der Waals surface area contributed by atoms with Crippen LogP contribution in [-0.2, 0) is 7.05 Å². The molecule has 1 unspecified atom stereocenters. The number of rotatable bonds is 5. The number of imidazole rings is 1. The van der Waals surface area contributed by atoms with Gasteiger partial charge in [0.15, 0.2) is 0 Å². The van der Waals surface area contributed by atoms with Gasteiger partial charge >= 0.3 is 0 Å². The summed E-state index contributed by atoms with van der Waals surface area (Å²) in [4.78, 5) is 7.23. The summed E-state index contributed by atoms with van der Waals surface area (Å²) in [6.07, 6.45) is 15.7. The van der Waals surface area contributed by atoms with Gasteiger partial charge in [0.05, 0.1) is 18.1 Å². The van der Waals surface area contributed by atoms with Gasteiger partial charge in [0.25, 0.3) is 0 Å². The Labute approximate surface area is 151 Å². The third kappa shape index (κ3) is 2.69. The number of aromatic nitrogens is 2. The minimum Gasteiger partial charge on any atom is -0.336 e. The average Bonchev–Trinajstić information content (AvgIpc) is 3.24. The Kier molecular flexibility index (Phi) is 4.01. The summed E-state index contributed by atoms with van der Waals surface area (Å²) < 4.78 is 2.25. The molecule has 136 valence electrons. The lowest BCUT2D eigenvalue weighted by Crippen LogP contribution is -2.57. The van der Waals surface area contributed by atoms with E-state index < -0.39 is 0 Å². The predicted octanol–water partition coefficient (Wildman–Crippen LogP) is 3.14. The van der Waals surface area contributed by atoms with Crippen LogP contribution >= 0.6 is 0 Å². The molecule has 0 aromatic carbocycles. The topological polar surface area (TPSA) is 33.1 Å². The molecule has 1 aromatic rings. The lowest BCUT2D eigenvalue weighted by Gasteiger charge is -2.49. The molecule has 1 N–H and O–H groups in total. The molecule has 0 spiro atoms. The van der Waals surface area contributed by atoms with E-state index in [9.17, 15) is 0 Å². The van der Waals surface area contributed by atoms with Crippen LogP contribution < -0.4 is 5.32 Å². The first-order valence-corrected chi connectivity index (χ1v) is 10.4. The Morgan fingerprint density at radius 1 is 1.28 bits per heavy atom. The minimum atomic E-state index is 0.550. The maximum absolute atomic E-state index is 4.43. The van der Waals surface area contributed by atoms with Crippen LogP contribution in [0, 0.1) is 23.7 Å². The molecule has 4 aliphatic rings. The Bertz CT molecular complexity index is 646. The molecule has 6 atom stereocenters. The van der Waals surface area contributed by atoms with Crippen molar-refractivity contribution in [1.82, 2.24) is 19.8 Å². The number of likely N-dealkylation sites (tertiary alicyclic amines) is 1. The van der Waals surface area contributed by atoms with E-state index in [4.69, 9.17) is 0 Å². The van der Waals surface area contributed by atoms with Crippen LogP contribution in [0.4, 0.5) is 0 Å². The second kappa shape index (κ2) is 6.24. The number of nitrogens with zero attached hydrogens (tertiary/aromatic N) is 3. The van der Waals surface area contributed by atoms with Gasteiger partial charge in [0.2, 0.25) is 0 Å². The number of piperidine rings is 1. The molecule has 4 nitrogen and oxygen atoms in total. The fourth-order valence-electron chi connectivity index (χ4n) is 5.95. The number of fused-ring (bicyclic) bond motifs is 1. The second-order valence-electron chi connectivity index (χ2n) is 8.94. The number of hydrogen-bond acceptors (Lipinski definition) is 3. The maximum atomic E-state index is 4.43. The molecule has 2 heterocycles. The zero-order valence-corrected chi connectivity index (χ0v) is 15.6. The van der Waals surface area contributed by atoms with Crippen LogP contribution in [0.3, 0.4) is 0 Å². The standard InChI is InChI=1S/C21H32N4/c1-14-17-6-3-7-18(17)20(14)23-11-15-5-4-10-25(16-8-9-16)21(15)19-12-22-13-24(19)2/h3,6,12-18,20-21,23H,4-5,7-11H2,1-2H3/t14-,15-,17+,18+,20?,21+/m0/s1. The molecule has 3 aliphatic carbocycles. The molecule has 3 fully saturated rings. The van der Waals surface area contributed by atoms with Crippen LogP contribution in [0.25, 0.3) is 0 Å². The highest BCUT2D eigenvalue weighted by Crippen LogP contribution is 2.48. The average molecular weight is 341 g/mol. The van der Waals surface area contributed by atoms with Crippen molar-refractivity contribution < 1.29 is 0 Å². The largest absolute Gasteiger partial charge is 0.336 e. The molecule has 5 rings (SSSR count). The van der Waals surface area contributed by atoms with E-state index in [2.05, 4.69) is 52.1 Å². The van der Waals surface area contributed by atoms with Gasteiger partial charge in [-0.25, -0.2) is 4.98 Å². The summed E-state index contributed by atoms with van der Waals surface area (Å²) in [5, 5.41) is 4.00. The van der Waals surface area contributed by atoms with Crippen molar-refractivity contribution in [2.45, 2.75) is 57.2 Å². The van der Waals surface area contributed by atoms with Crippen molar-refractivity contribution >= 4 is 0 Å². The van der Waals surface area contributed by atoms with Gasteiger partial charge in [-0.15, -0.1) is 0 Å². The van der Waals surface area contributed by atoms with Gasteiger partial charge in [0, 0.05) is 31.9 Å². The lowest BCUT2D eigenvalue weighted by molar-refractivity contribution is 0.0442. The molecular formula is C21H32N4. The number of hydrogen-bond donors (Lipinski definition) is 1. The van der Waals surface area contributed by atoms with Crippen molar-refractivity contribution in [2.75, 3.05) is 13.1 Å². The van der Waals surface area contributed by atoms with Crippen LogP contribution in [0.5, 0.6) is 0 Å². The van der Waals surface area contributed by atoms with Crippen LogP contribution in [0.2, 0.25) is 0 Å². The van der Waals surface area contributed by atoms with E-state index in [0.717, 1.165) is 36.4 Å². The fraction of sp³-hybridized carbons (Fsp3) is 0.762. The van der Waals surface area contributed by atoms with Crippen molar-refractivity contribution in [1.29, 1.82) is 0 Å². The van der Waals surface area contributed by atoms with Crippen molar-refractivity contribution in [3.8, 4) is 0 Å².